The molecule has 10 heteroatoms. The SMILES string of the molecule is CC(C)(C)OC(=O)N1CCC(F)(F)C(O)(COC(=O)c2ccc(Br)cc2)c2cc(Cl)ccc21. The van der Waals surface area contributed by atoms with Crippen molar-refractivity contribution in [3.8, 4) is 0 Å². The van der Waals surface area contributed by atoms with Crippen LogP contribution in [0.25, 0.3) is 0 Å². The molecule has 0 aromatic heterocycles. The summed E-state index contributed by atoms with van der Waals surface area (Å²) in [6.07, 6.45) is -1.75. The first kappa shape index (κ1) is 25.4. The molecule has 1 aliphatic heterocycles. The third-order valence-corrected chi connectivity index (χ3v) is 5.82. The molecule has 2 aromatic rings. The van der Waals surface area contributed by atoms with E-state index in [1.54, 1.807) is 32.9 Å². The molecule has 0 radical (unpaired) electrons. The highest BCUT2D eigenvalue weighted by Crippen LogP contribution is 2.48. The molecule has 1 N–H and O–H groups in total. The van der Waals surface area contributed by atoms with Crippen molar-refractivity contribution < 1.29 is 33.0 Å². The quantitative estimate of drug-likeness (QED) is 0.483. The van der Waals surface area contributed by atoms with Gasteiger partial charge < -0.3 is 14.6 Å². The maximum absolute atomic E-state index is 15.3. The van der Waals surface area contributed by atoms with Crippen molar-refractivity contribution >= 4 is 45.3 Å². The van der Waals surface area contributed by atoms with Crippen LogP contribution in [0, 0.1) is 0 Å². The van der Waals surface area contributed by atoms with Crippen LogP contribution in [0.3, 0.4) is 0 Å². The number of benzene rings is 2. The van der Waals surface area contributed by atoms with Crippen LogP contribution in [0.4, 0.5) is 19.3 Å². The van der Waals surface area contributed by atoms with Crippen LogP contribution in [0.5, 0.6) is 0 Å². The Morgan fingerprint density at radius 1 is 1.18 bits per heavy atom. The summed E-state index contributed by atoms with van der Waals surface area (Å²) in [6.45, 7) is 3.47. The van der Waals surface area contributed by atoms with E-state index in [-0.39, 0.29) is 21.8 Å². The lowest BCUT2D eigenvalue weighted by molar-refractivity contribution is -0.205. The lowest BCUT2D eigenvalue weighted by Crippen LogP contribution is -2.49. The molecule has 0 saturated carbocycles. The van der Waals surface area contributed by atoms with Gasteiger partial charge in [0.2, 0.25) is 0 Å². The number of amides is 1. The molecule has 0 spiro atoms. The van der Waals surface area contributed by atoms with Crippen molar-refractivity contribution in [1.29, 1.82) is 0 Å². The zero-order chi connectivity index (χ0) is 24.6. The zero-order valence-corrected chi connectivity index (χ0v) is 20.5. The molecule has 1 heterocycles. The van der Waals surface area contributed by atoms with E-state index in [1.165, 1.54) is 24.3 Å². The van der Waals surface area contributed by atoms with Crippen molar-refractivity contribution in [2.24, 2.45) is 0 Å². The minimum atomic E-state index is -3.76. The molecule has 178 valence electrons. The number of hydrogen-bond acceptors (Lipinski definition) is 5. The highest BCUT2D eigenvalue weighted by atomic mass is 79.9. The summed E-state index contributed by atoms with van der Waals surface area (Å²) in [7, 11) is 0. The Hall–Kier alpha value is -2.23. The van der Waals surface area contributed by atoms with Gasteiger partial charge in [-0.1, -0.05) is 27.5 Å². The third-order valence-electron chi connectivity index (χ3n) is 5.06. The number of halogens is 4. The van der Waals surface area contributed by atoms with E-state index < -0.39 is 48.8 Å². The van der Waals surface area contributed by atoms with Crippen molar-refractivity contribution in [2.45, 2.75) is 44.3 Å². The third kappa shape index (κ3) is 5.47. The van der Waals surface area contributed by atoms with Gasteiger partial charge in [-0.05, 0) is 63.2 Å². The number of nitrogens with zero attached hydrogens (tertiary/aromatic N) is 1. The first-order valence-electron chi connectivity index (χ1n) is 10.1. The van der Waals surface area contributed by atoms with Crippen molar-refractivity contribution in [3.05, 3.63) is 63.1 Å². The van der Waals surface area contributed by atoms with Gasteiger partial charge in [-0.15, -0.1) is 0 Å². The number of fused-ring (bicyclic) bond motifs is 1. The second-order valence-corrected chi connectivity index (χ2v) is 10.0. The number of carbonyl (C=O) groups excluding carboxylic acids is 2. The number of alkyl halides is 2. The molecular weight excluding hydrogens is 524 g/mol. The van der Waals surface area contributed by atoms with Crippen molar-refractivity contribution in [1.82, 2.24) is 0 Å². The number of esters is 1. The number of hydrogen-bond donors (Lipinski definition) is 1. The molecule has 1 atom stereocenters. The average molecular weight is 547 g/mol. The minimum Gasteiger partial charge on any atom is -0.458 e. The normalized spacial score (nSPS) is 19.9. The zero-order valence-electron chi connectivity index (χ0n) is 18.2. The molecule has 3 rings (SSSR count). The van der Waals surface area contributed by atoms with E-state index >= 15 is 8.78 Å². The molecule has 0 bridgehead atoms. The fraction of sp³-hybridized carbons (Fsp3) is 0.391. The summed E-state index contributed by atoms with van der Waals surface area (Å²) >= 11 is 9.30. The molecule has 1 unspecified atom stereocenters. The van der Waals surface area contributed by atoms with E-state index in [1.807, 2.05) is 0 Å². The number of ether oxygens (including phenoxy) is 2. The topological polar surface area (TPSA) is 76.1 Å². The maximum Gasteiger partial charge on any atom is 0.414 e. The monoisotopic (exact) mass is 545 g/mol. The Morgan fingerprint density at radius 2 is 1.82 bits per heavy atom. The van der Waals surface area contributed by atoms with Crippen LogP contribution in [-0.2, 0) is 15.1 Å². The van der Waals surface area contributed by atoms with Crippen molar-refractivity contribution in [2.75, 3.05) is 18.1 Å². The molecule has 6 nitrogen and oxygen atoms in total. The summed E-state index contributed by atoms with van der Waals surface area (Å²) < 4.78 is 41.9. The van der Waals surface area contributed by atoms with Crippen LogP contribution in [0.15, 0.2) is 46.9 Å². The van der Waals surface area contributed by atoms with Crippen molar-refractivity contribution in [3.63, 3.8) is 0 Å². The summed E-state index contributed by atoms with van der Waals surface area (Å²) in [5, 5.41) is 11.3. The average Bonchev–Trinajstić information content (AvgIpc) is 2.79. The van der Waals surface area contributed by atoms with Gasteiger partial charge in [-0.2, -0.15) is 0 Å². The fourth-order valence-electron chi connectivity index (χ4n) is 3.38. The van der Waals surface area contributed by atoms with Crippen LogP contribution in [0.2, 0.25) is 5.02 Å². The second-order valence-electron chi connectivity index (χ2n) is 8.69. The minimum absolute atomic E-state index is 0.00647. The van der Waals surface area contributed by atoms with Gasteiger partial charge in [-0.25, -0.2) is 18.4 Å². The second kappa shape index (κ2) is 9.19. The van der Waals surface area contributed by atoms with Gasteiger partial charge in [0.15, 0.2) is 5.60 Å². The first-order chi connectivity index (χ1) is 15.2. The number of aliphatic hydroxyl groups is 1. The predicted octanol–water partition coefficient (Wildman–Crippen LogP) is 5.93. The largest absolute Gasteiger partial charge is 0.458 e. The van der Waals surface area contributed by atoms with Crippen LogP contribution >= 0.6 is 27.5 Å². The van der Waals surface area contributed by atoms with E-state index in [2.05, 4.69) is 15.9 Å². The number of anilines is 1. The Balaban J connectivity index is 2.00. The van der Waals surface area contributed by atoms with Crippen LogP contribution < -0.4 is 4.90 Å². The fourth-order valence-corrected chi connectivity index (χ4v) is 3.82. The summed E-state index contributed by atoms with van der Waals surface area (Å²) in [6, 6.07) is 10.0. The van der Waals surface area contributed by atoms with Crippen LogP contribution in [0.1, 0.15) is 43.1 Å². The molecule has 33 heavy (non-hydrogen) atoms. The Bertz CT molecular complexity index is 1060. The van der Waals surface area contributed by atoms with Gasteiger partial charge in [-0.3, -0.25) is 4.90 Å². The standard InChI is InChI=1S/C23H23BrClF2NO5/c1-21(2,3)33-20(30)28-11-10-23(26,27)22(31,17-12-16(25)8-9-18(17)28)13-32-19(29)14-4-6-15(24)7-5-14/h4-9,12,31H,10-11,13H2,1-3H3. The molecule has 0 aliphatic carbocycles. The lowest BCUT2D eigenvalue weighted by Gasteiger charge is -2.35. The molecule has 1 aliphatic rings. The van der Waals surface area contributed by atoms with E-state index in [0.717, 1.165) is 15.4 Å². The van der Waals surface area contributed by atoms with Gasteiger partial charge in [0.1, 0.15) is 12.2 Å². The highest BCUT2D eigenvalue weighted by molar-refractivity contribution is 9.10. The predicted molar refractivity (Wildman–Crippen MR) is 123 cm³/mol. The number of carbonyl (C=O) groups is 2. The van der Waals surface area contributed by atoms with E-state index in [0.29, 0.717) is 0 Å². The maximum atomic E-state index is 15.3. The Labute approximate surface area is 203 Å². The van der Waals surface area contributed by atoms with Gasteiger partial charge in [0.25, 0.3) is 5.92 Å². The Morgan fingerprint density at radius 3 is 2.42 bits per heavy atom. The van der Waals surface area contributed by atoms with Gasteiger partial charge >= 0.3 is 12.1 Å². The molecular formula is C23H23BrClF2NO5. The molecule has 1 amide bonds. The first-order valence-corrected chi connectivity index (χ1v) is 11.2. The lowest BCUT2D eigenvalue weighted by atomic mass is 9.86. The summed E-state index contributed by atoms with van der Waals surface area (Å²) in [5.74, 6) is -4.65. The Kier molecular flexibility index (Phi) is 7.07. The number of rotatable bonds is 3. The molecule has 0 fully saturated rings. The van der Waals surface area contributed by atoms with Crippen LogP contribution in [-0.4, -0.2) is 41.8 Å². The summed E-state index contributed by atoms with van der Waals surface area (Å²) in [4.78, 5) is 26.2. The van der Waals surface area contributed by atoms with E-state index in [4.69, 9.17) is 21.1 Å². The summed E-state index contributed by atoms with van der Waals surface area (Å²) in [5.41, 5.74) is -4.02. The van der Waals surface area contributed by atoms with Gasteiger partial charge in [0, 0.05) is 28.0 Å². The molecule has 2 aromatic carbocycles. The van der Waals surface area contributed by atoms with Gasteiger partial charge in [0.05, 0.1) is 11.3 Å². The smallest absolute Gasteiger partial charge is 0.414 e. The van der Waals surface area contributed by atoms with E-state index in [9.17, 15) is 14.7 Å². The molecule has 0 saturated heterocycles. The highest BCUT2D eigenvalue weighted by Gasteiger charge is 2.58.